The molecular weight excluding hydrogens is 348 g/mol. The van der Waals surface area contributed by atoms with Crippen molar-refractivity contribution in [2.75, 3.05) is 20.3 Å². The number of ether oxygens (including phenoxy) is 3. The molecule has 0 amide bonds. The summed E-state index contributed by atoms with van der Waals surface area (Å²) in [4.78, 5) is 11.3. The van der Waals surface area contributed by atoms with Crippen LogP contribution in [0.1, 0.15) is 15.9 Å². The fraction of sp³-hybridized carbons (Fsp3) is 0.235. The summed E-state index contributed by atoms with van der Waals surface area (Å²) in [5, 5.41) is 0. The highest BCUT2D eigenvalue weighted by molar-refractivity contribution is 9.10. The van der Waals surface area contributed by atoms with Crippen LogP contribution >= 0.6 is 15.9 Å². The number of carbonyl (C=O) groups is 1. The molecular formula is C17H17BrO4. The number of halogens is 1. The van der Waals surface area contributed by atoms with Crippen molar-refractivity contribution < 1.29 is 19.0 Å². The molecule has 0 unspecified atom stereocenters. The minimum Gasteiger partial charge on any atom is -0.491 e. The molecule has 22 heavy (non-hydrogen) atoms. The zero-order chi connectivity index (χ0) is 15.8. The molecule has 0 aliphatic carbocycles. The van der Waals surface area contributed by atoms with Gasteiger partial charge in [-0.2, -0.15) is 0 Å². The fourth-order valence-electron chi connectivity index (χ4n) is 1.86. The van der Waals surface area contributed by atoms with Gasteiger partial charge in [-0.1, -0.05) is 30.3 Å². The van der Waals surface area contributed by atoms with Gasteiger partial charge in [-0.3, -0.25) is 4.79 Å². The van der Waals surface area contributed by atoms with Crippen molar-refractivity contribution >= 4 is 22.2 Å². The molecule has 0 fully saturated rings. The van der Waals surface area contributed by atoms with Crippen molar-refractivity contribution in [2.24, 2.45) is 0 Å². The van der Waals surface area contributed by atoms with Crippen molar-refractivity contribution in [3.05, 3.63) is 58.1 Å². The van der Waals surface area contributed by atoms with Crippen molar-refractivity contribution in [1.82, 2.24) is 0 Å². The summed E-state index contributed by atoms with van der Waals surface area (Å²) in [6.07, 6.45) is 0.767. The molecule has 0 aliphatic heterocycles. The molecule has 0 atom stereocenters. The lowest BCUT2D eigenvalue weighted by molar-refractivity contribution is 0.111. The van der Waals surface area contributed by atoms with E-state index in [9.17, 15) is 4.79 Å². The van der Waals surface area contributed by atoms with E-state index in [-0.39, 0.29) is 0 Å². The van der Waals surface area contributed by atoms with Crippen LogP contribution in [-0.2, 0) is 11.3 Å². The molecule has 0 N–H and O–H groups in total. The third kappa shape index (κ3) is 4.58. The normalized spacial score (nSPS) is 10.3. The summed E-state index contributed by atoms with van der Waals surface area (Å²) in [7, 11) is 1.61. The number of methoxy groups -OCH3 is 1. The highest BCUT2D eigenvalue weighted by Gasteiger charge is 2.11. The first-order valence-corrected chi connectivity index (χ1v) is 7.61. The lowest BCUT2D eigenvalue weighted by Crippen LogP contribution is -2.05. The Labute approximate surface area is 138 Å². The Morgan fingerprint density at radius 1 is 1.09 bits per heavy atom. The van der Waals surface area contributed by atoms with Crippen LogP contribution in [0.3, 0.4) is 0 Å². The Morgan fingerprint density at radius 2 is 1.86 bits per heavy atom. The molecule has 0 heterocycles. The summed E-state index contributed by atoms with van der Waals surface area (Å²) in [6, 6.07) is 13.2. The van der Waals surface area contributed by atoms with Crippen molar-refractivity contribution in [1.29, 1.82) is 0 Å². The van der Waals surface area contributed by atoms with Crippen LogP contribution in [0.25, 0.3) is 0 Å². The van der Waals surface area contributed by atoms with E-state index in [2.05, 4.69) is 15.9 Å². The average molecular weight is 365 g/mol. The Morgan fingerprint density at radius 3 is 2.55 bits per heavy atom. The van der Waals surface area contributed by atoms with Crippen molar-refractivity contribution in [2.45, 2.75) is 6.61 Å². The van der Waals surface area contributed by atoms with E-state index in [0.29, 0.717) is 41.4 Å². The highest BCUT2D eigenvalue weighted by Crippen LogP contribution is 2.32. The minimum absolute atomic E-state index is 0.385. The Hall–Kier alpha value is -1.85. The molecule has 2 aromatic carbocycles. The molecule has 0 radical (unpaired) electrons. The molecule has 5 heteroatoms. The van der Waals surface area contributed by atoms with Gasteiger partial charge in [-0.25, -0.2) is 0 Å². The quantitative estimate of drug-likeness (QED) is 0.526. The third-order valence-electron chi connectivity index (χ3n) is 2.98. The highest BCUT2D eigenvalue weighted by atomic mass is 79.9. The predicted molar refractivity (Wildman–Crippen MR) is 87.7 cm³/mol. The maximum Gasteiger partial charge on any atom is 0.154 e. The van der Waals surface area contributed by atoms with Gasteiger partial charge in [-0.15, -0.1) is 0 Å². The summed E-state index contributed by atoms with van der Waals surface area (Å²) in [6.45, 7) is 1.31. The summed E-state index contributed by atoms with van der Waals surface area (Å²) < 4.78 is 16.9. The van der Waals surface area contributed by atoms with Crippen LogP contribution in [0.2, 0.25) is 0 Å². The zero-order valence-corrected chi connectivity index (χ0v) is 13.8. The van der Waals surface area contributed by atoms with Gasteiger partial charge in [0.1, 0.15) is 24.7 Å². The summed E-state index contributed by atoms with van der Waals surface area (Å²) in [5.41, 5.74) is 1.50. The van der Waals surface area contributed by atoms with Crippen molar-refractivity contribution in [3.63, 3.8) is 0 Å². The van der Waals surface area contributed by atoms with E-state index in [1.54, 1.807) is 19.2 Å². The van der Waals surface area contributed by atoms with Crippen LogP contribution in [0.15, 0.2) is 46.9 Å². The molecule has 116 valence electrons. The average Bonchev–Trinajstić information content (AvgIpc) is 2.54. The maximum atomic E-state index is 11.3. The standard InChI is InChI=1S/C17H17BrO4/c1-20-7-8-21-14-9-16(18)15(11-19)17(10-14)22-12-13-5-3-2-4-6-13/h2-6,9-11H,7-8,12H2,1H3. The van der Waals surface area contributed by atoms with Gasteiger partial charge in [0, 0.05) is 17.6 Å². The summed E-state index contributed by atoms with van der Waals surface area (Å²) >= 11 is 3.37. The molecule has 2 rings (SSSR count). The zero-order valence-electron chi connectivity index (χ0n) is 12.3. The lowest BCUT2D eigenvalue weighted by Gasteiger charge is -2.13. The molecule has 0 saturated heterocycles. The molecule has 0 saturated carbocycles. The number of benzene rings is 2. The molecule has 0 aliphatic rings. The molecule has 2 aromatic rings. The summed E-state index contributed by atoms with van der Waals surface area (Å²) in [5.74, 6) is 1.11. The van der Waals surface area contributed by atoms with E-state index in [0.717, 1.165) is 11.8 Å². The van der Waals surface area contributed by atoms with Gasteiger partial charge in [0.05, 0.1) is 12.2 Å². The van der Waals surface area contributed by atoms with Crippen molar-refractivity contribution in [3.8, 4) is 11.5 Å². The van der Waals surface area contributed by atoms with Crippen LogP contribution in [-0.4, -0.2) is 26.6 Å². The molecule has 4 nitrogen and oxygen atoms in total. The van der Waals surface area contributed by atoms with Crippen LogP contribution in [0.4, 0.5) is 0 Å². The van der Waals surface area contributed by atoms with Gasteiger partial charge in [-0.05, 0) is 27.6 Å². The molecule has 0 bridgehead atoms. The van der Waals surface area contributed by atoms with Gasteiger partial charge in [0.15, 0.2) is 6.29 Å². The second-order valence-electron chi connectivity index (χ2n) is 4.55. The van der Waals surface area contributed by atoms with Crippen LogP contribution in [0, 0.1) is 0 Å². The van der Waals surface area contributed by atoms with E-state index in [4.69, 9.17) is 14.2 Å². The van der Waals surface area contributed by atoms with E-state index in [1.807, 2.05) is 30.3 Å². The van der Waals surface area contributed by atoms with Gasteiger partial charge in [0.25, 0.3) is 0 Å². The smallest absolute Gasteiger partial charge is 0.154 e. The predicted octanol–water partition coefficient (Wildman–Crippen LogP) is 3.87. The van der Waals surface area contributed by atoms with Crippen LogP contribution in [0.5, 0.6) is 11.5 Å². The topological polar surface area (TPSA) is 44.8 Å². The minimum atomic E-state index is 0.385. The first-order chi connectivity index (χ1) is 10.7. The van der Waals surface area contributed by atoms with Gasteiger partial charge >= 0.3 is 0 Å². The first-order valence-electron chi connectivity index (χ1n) is 6.81. The number of hydrogen-bond acceptors (Lipinski definition) is 4. The molecule has 0 spiro atoms. The Balaban J connectivity index is 2.14. The number of aldehydes is 1. The second-order valence-corrected chi connectivity index (χ2v) is 5.40. The van der Waals surface area contributed by atoms with Gasteiger partial charge in [0.2, 0.25) is 0 Å². The van der Waals surface area contributed by atoms with E-state index in [1.165, 1.54) is 0 Å². The Bertz CT molecular complexity index is 614. The second kappa shape index (κ2) is 8.56. The Kier molecular flexibility index (Phi) is 6.43. The first kappa shape index (κ1) is 16.5. The maximum absolute atomic E-state index is 11.3. The van der Waals surface area contributed by atoms with E-state index >= 15 is 0 Å². The largest absolute Gasteiger partial charge is 0.491 e. The fourth-order valence-corrected chi connectivity index (χ4v) is 2.38. The number of carbonyl (C=O) groups excluding carboxylic acids is 1. The number of hydrogen-bond donors (Lipinski definition) is 0. The molecule has 0 aromatic heterocycles. The number of rotatable bonds is 8. The third-order valence-corrected chi connectivity index (χ3v) is 3.63. The van der Waals surface area contributed by atoms with E-state index < -0.39 is 0 Å². The van der Waals surface area contributed by atoms with Gasteiger partial charge < -0.3 is 14.2 Å². The van der Waals surface area contributed by atoms with Crippen LogP contribution < -0.4 is 9.47 Å². The lowest BCUT2D eigenvalue weighted by atomic mass is 10.2. The monoisotopic (exact) mass is 364 g/mol. The SMILES string of the molecule is COCCOc1cc(Br)c(C=O)c(OCc2ccccc2)c1.